The van der Waals surface area contributed by atoms with Gasteiger partial charge in [0.2, 0.25) is 0 Å². The van der Waals surface area contributed by atoms with Crippen LogP contribution in [0.15, 0.2) is 0 Å². The standard InChI is InChI=1S/C12H24Br2/c1-10(2,3)8-11(4,5)9(13)12(6,7)14/h9H,8H2,1-7H3. The van der Waals surface area contributed by atoms with Gasteiger partial charge in [0.15, 0.2) is 0 Å². The molecule has 0 rings (SSSR count). The smallest absolute Gasteiger partial charge is 0.0345 e. The third-order valence-electron chi connectivity index (χ3n) is 2.27. The first kappa shape index (κ1) is 15.0. The van der Waals surface area contributed by atoms with E-state index < -0.39 is 0 Å². The summed E-state index contributed by atoms with van der Waals surface area (Å²) in [5.74, 6) is 0. The molecule has 0 aromatic heterocycles. The van der Waals surface area contributed by atoms with Crippen LogP contribution in [-0.4, -0.2) is 9.15 Å². The Labute approximate surface area is 106 Å². The fourth-order valence-corrected chi connectivity index (χ4v) is 3.17. The summed E-state index contributed by atoms with van der Waals surface area (Å²) in [6, 6.07) is 0. The lowest BCUT2D eigenvalue weighted by molar-refractivity contribution is 0.198. The van der Waals surface area contributed by atoms with E-state index >= 15 is 0 Å². The molecule has 0 radical (unpaired) electrons. The molecule has 0 aliphatic rings. The van der Waals surface area contributed by atoms with Gasteiger partial charge >= 0.3 is 0 Å². The van der Waals surface area contributed by atoms with E-state index in [1.165, 1.54) is 6.42 Å². The summed E-state index contributed by atoms with van der Waals surface area (Å²) < 4.78 is 0.141. The van der Waals surface area contributed by atoms with E-state index in [4.69, 9.17) is 0 Å². The first-order valence-electron chi connectivity index (χ1n) is 5.19. The van der Waals surface area contributed by atoms with Crippen LogP contribution in [0.1, 0.15) is 54.9 Å². The molecular weight excluding hydrogens is 304 g/mol. The summed E-state index contributed by atoms with van der Waals surface area (Å²) in [6.45, 7) is 16.0. The Kier molecular flexibility index (Phi) is 4.75. The Morgan fingerprint density at radius 2 is 1.29 bits per heavy atom. The molecule has 0 bridgehead atoms. The molecule has 1 unspecified atom stereocenters. The van der Waals surface area contributed by atoms with Crippen LogP contribution >= 0.6 is 31.9 Å². The maximum atomic E-state index is 3.83. The Hall–Kier alpha value is 0.960. The van der Waals surface area contributed by atoms with Gasteiger partial charge in [0.25, 0.3) is 0 Å². The molecule has 0 aliphatic heterocycles. The Morgan fingerprint density at radius 1 is 0.929 bits per heavy atom. The molecule has 0 saturated carbocycles. The van der Waals surface area contributed by atoms with Crippen LogP contribution in [0, 0.1) is 10.8 Å². The minimum Gasteiger partial charge on any atom is -0.0870 e. The fourth-order valence-electron chi connectivity index (χ4n) is 2.39. The van der Waals surface area contributed by atoms with Gasteiger partial charge in [-0.3, -0.25) is 0 Å². The largest absolute Gasteiger partial charge is 0.0870 e. The predicted molar refractivity (Wildman–Crippen MR) is 73.6 cm³/mol. The van der Waals surface area contributed by atoms with Crippen molar-refractivity contribution in [3.63, 3.8) is 0 Å². The van der Waals surface area contributed by atoms with E-state index in [0.29, 0.717) is 15.7 Å². The highest BCUT2D eigenvalue weighted by Crippen LogP contribution is 2.45. The van der Waals surface area contributed by atoms with E-state index in [9.17, 15) is 0 Å². The zero-order valence-corrected chi connectivity index (χ0v) is 13.7. The second kappa shape index (κ2) is 4.45. The van der Waals surface area contributed by atoms with Gasteiger partial charge in [-0.1, -0.05) is 66.5 Å². The lowest BCUT2D eigenvalue weighted by atomic mass is 9.72. The normalized spacial score (nSPS) is 16.9. The van der Waals surface area contributed by atoms with Crippen LogP contribution in [-0.2, 0) is 0 Å². The molecule has 1 atom stereocenters. The number of alkyl halides is 2. The second-order valence-corrected chi connectivity index (χ2v) is 9.61. The lowest BCUT2D eigenvalue weighted by Gasteiger charge is -2.41. The summed E-state index contributed by atoms with van der Waals surface area (Å²) >= 11 is 7.57. The van der Waals surface area contributed by atoms with E-state index in [2.05, 4.69) is 80.3 Å². The molecule has 0 aromatic carbocycles. The number of rotatable bonds is 3. The van der Waals surface area contributed by atoms with Crippen LogP contribution in [0.2, 0.25) is 0 Å². The van der Waals surface area contributed by atoms with Crippen molar-refractivity contribution in [2.24, 2.45) is 10.8 Å². The van der Waals surface area contributed by atoms with Gasteiger partial charge in [0, 0.05) is 9.15 Å². The minimum absolute atomic E-state index is 0.141. The molecule has 0 fully saturated rings. The fraction of sp³-hybridized carbons (Fsp3) is 1.00. The van der Waals surface area contributed by atoms with E-state index in [1.807, 2.05) is 0 Å². The summed E-state index contributed by atoms with van der Waals surface area (Å²) in [4.78, 5) is 0.474. The van der Waals surface area contributed by atoms with E-state index in [-0.39, 0.29) is 4.32 Å². The molecule has 0 aromatic rings. The van der Waals surface area contributed by atoms with Gasteiger partial charge in [0.05, 0.1) is 0 Å². The summed E-state index contributed by atoms with van der Waals surface area (Å²) in [5, 5.41) is 0. The monoisotopic (exact) mass is 326 g/mol. The molecule has 0 amide bonds. The molecule has 2 heteroatoms. The van der Waals surface area contributed by atoms with Crippen molar-refractivity contribution in [2.45, 2.75) is 64.0 Å². The molecular formula is C12H24Br2. The summed E-state index contributed by atoms with van der Waals surface area (Å²) in [5.41, 5.74) is 0.680. The van der Waals surface area contributed by atoms with E-state index in [1.54, 1.807) is 0 Å². The van der Waals surface area contributed by atoms with Crippen LogP contribution in [0.4, 0.5) is 0 Å². The zero-order valence-electron chi connectivity index (χ0n) is 10.5. The quantitative estimate of drug-likeness (QED) is 0.610. The SMILES string of the molecule is CC(C)(C)CC(C)(C)C(Br)C(C)(C)Br. The highest BCUT2D eigenvalue weighted by Gasteiger charge is 2.39. The highest BCUT2D eigenvalue weighted by molar-refractivity contribution is 9.12. The van der Waals surface area contributed by atoms with Gasteiger partial charge in [-0.25, -0.2) is 0 Å². The topological polar surface area (TPSA) is 0 Å². The minimum atomic E-state index is 0.141. The van der Waals surface area contributed by atoms with Gasteiger partial charge < -0.3 is 0 Å². The van der Waals surface area contributed by atoms with Crippen molar-refractivity contribution >= 4 is 31.9 Å². The third kappa shape index (κ3) is 5.16. The first-order chi connectivity index (χ1) is 5.86. The van der Waals surface area contributed by atoms with Crippen molar-refractivity contribution in [2.75, 3.05) is 0 Å². The molecule has 14 heavy (non-hydrogen) atoms. The van der Waals surface area contributed by atoms with Crippen molar-refractivity contribution in [1.29, 1.82) is 0 Å². The number of hydrogen-bond acceptors (Lipinski definition) is 0. The van der Waals surface area contributed by atoms with Gasteiger partial charge in [0.1, 0.15) is 0 Å². The van der Waals surface area contributed by atoms with Crippen molar-refractivity contribution in [3.05, 3.63) is 0 Å². The zero-order chi connectivity index (χ0) is 11.8. The van der Waals surface area contributed by atoms with Crippen molar-refractivity contribution in [1.82, 2.24) is 0 Å². The maximum absolute atomic E-state index is 3.83. The lowest BCUT2D eigenvalue weighted by Crippen LogP contribution is -2.40. The molecule has 0 aliphatic carbocycles. The number of halogens is 2. The molecule has 0 spiro atoms. The molecule has 0 saturated heterocycles. The van der Waals surface area contributed by atoms with Gasteiger partial charge in [-0.15, -0.1) is 0 Å². The molecule has 0 heterocycles. The second-order valence-electron chi connectivity index (χ2n) is 6.65. The van der Waals surface area contributed by atoms with Crippen molar-refractivity contribution < 1.29 is 0 Å². The maximum Gasteiger partial charge on any atom is 0.0345 e. The van der Waals surface area contributed by atoms with Crippen molar-refractivity contribution in [3.8, 4) is 0 Å². The average Bonchev–Trinajstić information content (AvgIpc) is 1.78. The molecule has 0 N–H and O–H groups in total. The highest BCUT2D eigenvalue weighted by atomic mass is 79.9. The number of hydrogen-bond donors (Lipinski definition) is 0. The molecule has 86 valence electrons. The molecule has 0 nitrogen and oxygen atoms in total. The summed E-state index contributed by atoms with van der Waals surface area (Å²) in [6.07, 6.45) is 1.21. The predicted octanol–water partition coefficient (Wildman–Crippen LogP) is 5.39. The van der Waals surface area contributed by atoms with E-state index in [0.717, 1.165) is 0 Å². The van der Waals surface area contributed by atoms with Crippen LogP contribution in [0.5, 0.6) is 0 Å². The Balaban J connectivity index is 4.63. The Bertz CT molecular complexity index is 181. The van der Waals surface area contributed by atoms with Gasteiger partial charge in [-0.2, -0.15) is 0 Å². The van der Waals surface area contributed by atoms with Crippen LogP contribution in [0.25, 0.3) is 0 Å². The first-order valence-corrected chi connectivity index (χ1v) is 6.90. The average molecular weight is 328 g/mol. The third-order valence-corrected chi connectivity index (χ3v) is 5.73. The van der Waals surface area contributed by atoms with Gasteiger partial charge in [-0.05, 0) is 31.1 Å². The van der Waals surface area contributed by atoms with Crippen LogP contribution in [0.3, 0.4) is 0 Å². The summed E-state index contributed by atoms with van der Waals surface area (Å²) in [7, 11) is 0. The Morgan fingerprint density at radius 3 is 1.50 bits per heavy atom. The van der Waals surface area contributed by atoms with Crippen LogP contribution < -0.4 is 0 Å².